The SMILES string of the molecule is COc1cc(NC(=O)NCCCC(=O)O)c(OC)cc1Cl. The van der Waals surface area contributed by atoms with Gasteiger partial charge in [-0.15, -0.1) is 0 Å². The molecule has 0 fully saturated rings. The molecule has 21 heavy (non-hydrogen) atoms. The number of rotatable bonds is 7. The molecular formula is C13H17ClN2O5. The summed E-state index contributed by atoms with van der Waals surface area (Å²) >= 11 is 5.96. The van der Waals surface area contributed by atoms with Gasteiger partial charge in [0.2, 0.25) is 0 Å². The molecule has 7 nitrogen and oxygen atoms in total. The second-order valence-corrected chi connectivity index (χ2v) is 4.47. The molecule has 1 rings (SSSR count). The highest BCUT2D eigenvalue weighted by molar-refractivity contribution is 6.32. The molecule has 1 aromatic rings. The largest absolute Gasteiger partial charge is 0.495 e. The van der Waals surface area contributed by atoms with E-state index in [1.807, 2.05) is 0 Å². The van der Waals surface area contributed by atoms with Crippen LogP contribution in [0.1, 0.15) is 12.8 Å². The number of amides is 2. The first-order valence-electron chi connectivity index (χ1n) is 6.16. The molecule has 0 unspecified atom stereocenters. The normalized spacial score (nSPS) is 9.86. The molecule has 0 aliphatic carbocycles. The van der Waals surface area contributed by atoms with Gasteiger partial charge in [0.1, 0.15) is 11.5 Å². The van der Waals surface area contributed by atoms with Gasteiger partial charge >= 0.3 is 12.0 Å². The summed E-state index contributed by atoms with van der Waals surface area (Å²) in [5.74, 6) is -0.110. The lowest BCUT2D eigenvalue weighted by atomic mass is 10.2. The quantitative estimate of drug-likeness (QED) is 0.671. The van der Waals surface area contributed by atoms with Crippen LogP contribution in [0.25, 0.3) is 0 Å². The van der Waals surface area contributed by atoms with E-state index in [0.29, 0.717) is 28.6 Å². The predicted octanol–water partition coefficient (Wildman–Crippen LogP) is 2.34. The van der Waals surface area contributed by atoms with Crippen molar-refractivity contribution in [3.8, 4) is 11.5 Å². The Morgan fingerprint density at radius 3 is 2.48 bits per heavy atom. The monoisotopic (exact) mass is 316 g/mol. The Bertz CT molecular complexity index is 522. The van der Waals surface area contributed by atoms with Gasteiger partial charge in [0.05, 0.1) is 24.9 Å². The highest BCUT2D eigenvalue weighted by Crippen LogP contribution is 2.35. The summed E-state index contributed by atoms with van der Waals surface area (Å²) in [6.07, 6.45) is 0.349. The number of hydrogen-bond acceptors (Lipinski definition) is 4. The Hall–Kier alpha value is -2.15. The van der Waals surface area contributed by atoms with Crippen LogP contribution in [0.4, 0.5) is 10.5 Å². The van der Waals surface area contributed by atoms with Crippen LogP contribution in [0, 0.1) is 0 Å². The molecule has 1 aromatic carbocycles. The van der Waals surface area contributed by atoms with Gasteiger partial charge in [0.25, 0.3) is 0 Å². The minimum absolute atomic E-state index is 0.00162. The summed E-state index contributed by atoms with van der Waals surface area (Å²) in [7, 11) is 2.91. The van der Waals surface area contributed by atoms with Crippen molar-refractivity contribution in [3.05, 3.63) is 17.2 Å². The zero-order valence-corrected chi connectivity index (χ0v) is 12.5. The lowest BCUT2D eigenvalue weighted by Crippen LogP contribution is -2.30. The fourth-order valence-electron chi connectivity index (χ4n) is 1.57. The summed E-state index contributed by atoms with van der Waals surface area (Å²) in [6.45, 7) is 0.255. The van der Waals surface area contributed by atoms with Crippen LogP contribution in [0.2, 0.25) is 5.02 Å². The van der Waals surface area contributed by atoms with Crippen molar-refractivity contribution >= 4 is 29.3 Å². The molecule has 0 heterocycles. The third kappa shape index (κ3) is 5.39. The topological polar surface area (TPSA) is 96.9 Å². The van der Waals surface area contributed by atoms with E-state index in [9.17, 15) is 9.59 Å². The van der Waals surface area contributed by atoms with Crippen LogP contribution in [-0.4, -0.2) is 37.9 Å². The van der Waals surface area contributed by atoms with Crippen LogP contribution in [0.3, 0.4) is 0 Å². The van der Waals surface area contributed by atoms with Gasteiger partial charge in [-0.05, 0) is 6.42 Å². The number of hydrogen-bond donors (Lipinski definition) is 3. The standard InChI is InChI=1S/C13H17ClN2O5/c1-20-10-7-9(11(21-2)6-8(10)14)16-13(19)15-5-3-4-12(17)18/h6-7H,3-5H2,1-2H3,(H,17,18)(H2,15,16,19). The number of methoxy groups -OCH3 is 2. The van der Waals surface area contributed by atoms with E-state index in [-0.39, 0.29) is 13.0 Å². The number of benzene rings is 1. The number of carboxylic acid groups (broad SMARTS) is 1. The minimum atomic E-state index is -0.902. The Morgan fingerprint density at radius 2 is 1.90 bits per heavy atom. The number of nitrogens with one attached hydrogen (secondary N) is 2. The van der Waals surface area contributed by atoms with Gasteiger partial charge in [0.15, 0.2) is 0 Å². The third-order valence-electron chi connectivity index (χ3n) is 2.58. The molecule has 2 amide bonds. The number of aliphatic carboxylic acids is 1. The van der Waals surface area contributed by atoms with Crippen molar-refractivity contribution in [1.82, 2.24) is 5.32 Å². The summed E-state index contributed by atoms with van der Waals surface area (Å²) < 4.78 is 10.2. The molecule has 0 aromatic heterocycles. The smallest absolute Gasteiger partial charge is 0.319 e. The number of ether oxygens (including phenoxy) is 2. The first-order valence-corrected chi connectivity index (χ1v) is 6.54. The zero-order chi connectivity index (χ0) is 15.8. The summed E-state index contributed by atoms with van der Waals surface area (Å²) in [6, 6.07) is 2.60. The van der Waals surface area contributed by atoms with Gasteiger partial charge in [0, 0.05) is 25.1 Å². The van der Waals surface area contributed by atoms with Gasteiger partial charge in [-0.3, -0.25) is 4.79 Å². The van der Waals surface area contributed by atoms with E-state index in [0.717, 1.165) is 0 Å². The van der Waals surface area contributed by atoms with Crippen molar-refractivity contribution < 1.29 is 24.2 Å². The van der Waals surface area contributed by atoms with E-state index in [4.69, 9.17) is 26.2 Å². The van der Waals surface area contributed by atoms with Crippen molar-refractivity contribution in [2.75, 3.05) is 26.1 Å². The number of carboxylic acids is 1. The molecule has 0 spiro atoms. The Labute approximate surface area is 127 Å². The lowest BCUT2D eigenvalue weighted by molar-refractivity contribution is -0.137. The Kier molecular flexibility index (Phi) is 6.61. The van der Waals surface area contributed by atoms with Gasteiger partial charge in [-0.2, -0.15) is 0 Å². The lowest BCUT2D eigenvalue weighted by Gasteiger charge is -2.13. The molecule has 0 aliphatic heterocycles. The fraction of sp³-hybridized carbons (Fsp3) is 0.385. The maximum atomic E-state index is 11.7. The number of carbonyl (C=O) groups excluding carboxylic acids is 1. The van der Waals surface area contributed by atoms with E-state index < -0.39 is 12.0 Å². The molecule has 0 bridgehead atoms. The zero-order valence-electron chi connectivity index (χ0n) is 11.7. The van der Waals surface area contributed by atoms with Crippen LogP contribution in [-0.2, 0) is 4.79 Å². The van der Waals surface area contributed by atoms with Crippen LogP contribution < -0.4 is 20.1 Å². The molecule has 116 valence electrons. The Morgan fingerprint density at radius 1 is 1.24 bits per heavy atom. The van der Waals surface area contributed by atoms with E-state index >= 15 is 0 Å². The highest BCUT2D eigenvalue weighted by Gasteiger charge is 2.12. The van der Waals surface area contributed by atoms with E-state index in [1.165, 1.54) is 26.4 Å². The maximum absolute atomic E-state index is 11.7. The average molecular weight is 317 g/mol. The summed E-state index contributed by atoms with van der Waals surface area (Å²) in [5, 5.41) is 14.0. The average Bonchev–Trinajstić information content (AvgIpc) is 2.44. The van der Waals surface area contributed by atoms with Gasteiger partial charge < -0.3 is 25.2 Å². The molecule has 0 aliphatic rings. The second kappa shape index (κ2) is 8.21. The van der Waals surface area contributed by atoms with Crippen LogP contribution in [0.5, 0.6) is 11.5 Å². The first kappa shape index (κ1) is 16.9. The Balaban J connectivity index is 2.64. The van der Waals surface area contributed by atoms with Crippen LogP contribution in [0.15, 0.2) is 12.1 Å². The number of anilines is 1. The molecule has 0 radical (unpaired) electrons. The predicted molar refractivity (Wildman–Crippen MR) is 78.4 cm³/mol. The highest BCUT2D eigenvalue weighted by atomic mass is 35.5. The first-order chi connectivity index (χ1) is 9.97. The molecular weight excluding hydrogens is 300 g/mol. The molecule has 8 heteroatoms. The third-order valence-corrected chi connectivity index (χ3v) is 2.87. The number of halogens is 1. The molecule has 0 saturated heterocycles. The number of urea groups is 1. The van der Waals surface area contributed by atoms with Crippen molar-refractivity contribution in [2.24, 2.45) is 0 Å². The second-order valence-electron chi connectivity index (χ2n) is 4.07. The van der Waals surface area contributed by atoms with Gasteiger partial charge in [-0.1, -0.05) is 11.6 Å². The van der Waals surface area contributed by atoms with Crippen molar-refractivity contribution in [2.45, 2.75) is 12.8 Å². The summed E-state index contributed by atoms with van der Waals surface area (Å²) in [5.41, 5.74) is 0.398. The molecule has 0 atom stereocenters. The van der Waals surface area contributed by atoms with Crippen LogP contribution >= 0.6 is 11.6 Å². The minimum Gasteiger partial charge on any atom is -0.495 e. The van der Waals surface area contributed by atoms with Crippen molar-refractivity contribution in [3.63, 3.8) is 0 Å². The maximum Gasteiger partial charge on any atom is 0.319 e. The number of carbonyl (C=O) groups is 2. The van der Waals surface area contributed by atoms with E-state index in [2.05, 4.69) is 10.6 Å². The summed E-state index contributed by atoms with van der Waals surface area (Å²) in [4.78, 5) is 22.1. The molecule has 3 N–H and O–H groups in total. The van der Waals surface area contributed by atoms with Crippen molar-refractivity contribution in [1.29, 1.82) is 0 Å². The molecule has 0 saturated carbocycles. The fourth-order valence-corrected chi connectivity index (χ4v) is 1.80. The van der Waals surface area contributed by atoms with Gasteiger partial charge in [-0.25, -0.2) is 4.79 Å². The van der Waals surface area contributed by atoms with E-state index in [1.54, 1.807) is 0 Å².